The van der Waals surface area contributed by atoms with Gasteiger partial charge in [0.25, 0.3) is 0 Å². The molecule has 2 rings (SSSR count). The van der Waals surface area contributed by atoms with Gasteiger partial charge in [-0.2, -0.15) is 11.8 Å². The summed E-state index contributed by atoms with van der Waals surface area (Å²) in [6.45, 7) is 3.94. The second-order valence-electron chi connectivity index (χ2n) is 6.60. The lowest BCUT2D eigenvalue weighted by Gasteiger charge is -2.29. The quantitative estimate of drug-likeness (QED) is 0.543. The van der Waals surface area contributed by atoms with Gasteiger partial charge in [0.15, 0.2) is 5.96 Å². The first-order valence-corrected chi connectivity index (χ1v) is 11.8. The third-order valence-corrected chi connectivity index (χ3v) is 7.82. The minimum absolute atomic E-state index is 0.126. The second kappa shape index (κ2) is 9.87. The van der Waals surface area contributed by atoms with Crippen molar-refractivity contribution in [2.75, 3.05) is 43.9 Å². The zero-order chi connectivity index (χ0) is 17.4. The molecular formula is C16H32N4O2S2. The smallest absolute Gasteiger partial charge is 0.215 e. The summed E-state index contributed by atoms with van der Waals surface area (Å²) in [5.41, 5.74) is 0. The highest BCUT2D eigenvalue weighted by Gasteiger charge is 2.24. The number of guanidine groups is 1. The Bertz CT molecular complexity index is 496. The third kappa shape index (κ3) is 6.11. The molecule has 0 spiro atoms. The molecule has 2 fully saturated rings. The Morgan fingerprint density at radius 2 is 1.88 bits per heavy atom. The van der Waals surface area contributed by atoms with Crippen LogP contribution in [0.2, 0.25) is 0 Å². The molecule has 1 heterocycles. The van der Waals surface area contributed by atoms with E-state index < -0.39 is 10.0 Å². The maximum atomic E-state index is 12.3. The summed E-state index contributed by atoms with van der Waals surface area (Å²) in [6, 6.07) is 0.453. The van der Waals surface area contributed by atoms with Gasteiger partial charge in [-0.05, 0) is 31.6 Å². The second-order valence-corrected chi connectivity index (χ2v) is 9.91. The van der Waals surface area contributed by atoms with Crippen LogP contribution in [0.1, 0.15) is 39.0 Å². The molecule has 0 aromatic carbocycles. The van der Waals surface area contributed by atoms with Crippen molar-refractivity contribution in [1.82, 2.24) is 14.9 Å². The SMILES string of the molecule is CCC1CCC(NC(=NC)NCCS(=O)(=O)N2CCSCC2)CC1. The molecule has 140 valence electrons. The summed E-state index contributed by atoms with van der Waals surface area (Å²) in [5.74, 6) is 3.51. The first-order chi connectivity index (χ1) is 11.5. The molecule has 0 atom stereocenters. The number of hydrogen-bond donors (Lipinski definition) is 2. The molecular weight excluding hydrogens is 344 g/mol. The van der Waals surface area contributed by atoms with Gasteiger partial charge in [-0.3, -0.25) is 4.99 Å². The van der Waals surface area contributed by atoms with E-state index in [0.717, 1.165) is 23.4 Å². The van der Waals surface area contributed by atoms with Crippen LogP contribution in [0, 0.1) is 5.92 Å². The van der Waals surface area contributed by atoms with Crippen molar-refractivity contribution >= 4 is 27.7 Å². The van der Waals surface area contributed by atoms with E-state index in [1.54, 1.807) is 11.4 Å². The monoisotopic (exact) mass is 376 g/mol. The molecule has 0 unspecified atom stereocenters. The molecule has 1 saturated heterocycles. The minimum atomic E-state index is -3.16. The average Bonchev–Trinajstić information content (AvgIpc) is 2.62. The number of thioether (sulfide) groups is 1. The summed E-state index contributed by atoms with van der Waals surface area (Å²) in [7, 11) is -1.42. The average molecular weight is 377 g/mol. The molecule has 0 bridgehead atoms. The lowest BCUT2D eigenvalue weighted by atomic mass is 9.84. The standard InChI is InChI=1S/C16H32N4O2S2/c1-3-14-4-6-15(7-5-14)19-16(17-2)18-8-13-24(21,22)20-9-11-23-12-10-20/h14-15H,3-13H2,1-2H3,(H2,17,18,19). The Balaban J connectivity index is 1.71. The molecule has 1 aliphatic heterocycles. The van der Waals surface area contributed by atoms with E-state index in [1.165, 1.54) is 32.1 Å². The molecule has 0 aromatic rings. The maximum absolute atomic E-state index is 12.3. The van der Waals surface area contributed by atoms with Gasteiger partial charge in [-0.25, -0.2) is 12.7 Å². The highest BCUT2D eigenvalue weighted by atomic mass is 32.2. The molecule has 0 radical (unpaired) electrons. The van der Waals surface area contributed by atoms with Crippen LogP contribution in [-0.2, 0) is 10.0 Å². The fourth-order valence-electron chi connectivity index (χ4n) is 3.36. The topological polar surface area (TPSA) is 73.8 Å². The van der Waals surface area contributed by atoms with Crippen molar-refractivity contribution in [2.24, 2.45) is 10.9 Å². The number of rotatable bonds is 6. The van der Waals surface area contributed by atoms with Crippen LogP contribution in [0.25, 0.3) is 0 Å². The van der Waals surface area contributed by atoms with Crippen molar-refractivity contribution < 1.29 is 8.42 Å². The van der Waals surface area contributed by atoms with Crippen molar-refractivity contribution in [2.45, 2.75) is 45.1 Å². The number of aliphatic imine (C=N–C) groups is 1. The summed E-state index contributed by atoms with van der Waals surface area (Å²) in [4.78, 5) is 4.24. The number of nitrogens with one attached hydrogen (secondary N) is 2. The van der Waals surface area contributed by atoms with Gasteiger partial charge in [0.2, 0.25) is 10.0 Å². The van der Waals surface area contributed by atoms with Gasteiger partial charge in [0, 0.05) is 44.2 Å². The van der Waals surface area contributed by atoms with E-state index in [4.69, 9.17) is 0 Å². The fraction of sp³-hybridized carbons (Fsp3) is 0.938. The predicted molar refractivity (Wildman–Crippen MR) is 103 cm³/mol. The van der Waals surface area contributed by atoms with E-state index in [-0.39, 0.29) is 5.75 Å². The summed E-state index contributed by atoms with van der Waals surface area (Å²) >= 11 is 1.82. The summed E-state index contributed by atoms with van der Waals surface area (Å²) < 4.78 is 26.3. The van der Waals surface area contributed by atoms with Crippen LogP contribution >= 0.6 is 11.8 Å². The maximum Gasteiger partial charge on any atom is 0.215 e. The Kier molecular flexibility index (Phi) is 8.16. The van der Waals surface area contributed by atoms with Gasteiger partial charge < -0.3 is 10.6 Å². The first-order valence-electron chi connectivity index (χ1n) is 9.08. The molecule has 0 aromatic heterocycles. The number of hydrogen-bond acceptors (Lipinski definition) is 4. The zero-order valence-electron chi connectivity index (χ0n) is 15.0. The van der Waals surface area contributed by atoms with Crippen molar-refractivity contribution in [3.8, 4) is 0 Å². The van der Waals surface area contributed by atoms with Gasteiger partial charge in [-0.1, -0.05) is 13.3 Å². The highest BCUT2D eigenvalue weighted by Crippen LogP contribution is 2.26. The Morgan fingerprint density at radius 1 is 1.21 bits per heavy atom. The lowest BCUT2D eigenvalue weighted by Crippen LogP contribution is -2.47. The predicted octanol–water partition coefficient (Wildman–Crippen LogP) is 1.50. The van der Waals surface area contributed by atoms with Crippen LogP contribution in [0.4, 0.5) is 0 Å². The van der Waals surface area contributed by atoms with Gasteiger partial charge >= 0.3 is 0 Å². The normalized spacial score (nSPS) is 27.0. The molecule has 6 nitrogen and oxygen atoms in total. The van der Waals surface area contributed by atoms with E-state index in [9.17, 15) is 8.42 Å². The van der Waals surface area contributed by atoms with Crippen LogP contribution in [0.3, 0.4) is 0 Å². The number of nitrogens with zero attached hydrogens (tertiary/aromatic N) is 2. The summed E-state index contributed by atoms with van der Waals surface area (Å²) in [5, 5.41) is 6.61. The van der Waals surface area contributed by atoms with Crippen molar-refractivity contribution in [3.05, 3.63) is 0 Å². The molecule has 2 aliphatic rings. The Morgan fingerprint density at radius 3 is 2.46 bits per heavy atom. The Hall–Kier alpha value is -0.470. The molecule has 1 aliphatic carbocycles. The van der Waals surface area contributed by atoms with Crippen LogP contribution in [-0.4, -0.2) is 68.7 Å². The zero-order valence-corrected chi connectivity index (χ0v) is 16.6. The number of sulfonamides is 1. The first kappa shape index (κ1) is 19.8. The molecule has 0 amide bonds. The van der Waals surface area contributed by atoms with E-state index in [1.807, 2.05) is 11.8 Å². The summed E-state index contributed by atoms with van der Waals surface area (Å²) in [6.07, 6.45) is 6.15. The van der Waals surface area contributed by atoms with Gasteiger partial charge in [0.1, 0.15) is 0 Å². The fourth-order valence-corrected chi connectivity index (χ4v) is 5.85. The van der Waals surface area contributed by atoms with Crippen molar-refractivity contribution in [1.29, 1.82) is 0 Å². The third-order valence-electron chi connectivity index (χ3n) is 5.00. The van der Waals surface area contributed by atoms with Crippen molar-refractivity contribution in [3.63, 3.8) is 0 Å². The van der Waals surface area contributed by atoms with E-state index in [0.29, 0.717) is 25.7 Å². The largest absolute Gasteiger partial charge is 0.355 e. The lowest BCUT2D eigenvalue weighted by molar-refractivity contribution is 0.304. The molecule has 24 heavy (non-hydrogen) atoms. The van der Waals surface area contributed by atoms with E-state index in [2.05, 4.69) is 22.5 Å². The Labute approximate surface area is 151 Å². The highest BCUT2D eigenvalue weighted by molar-refractivity contribution is 7.99. The van der Waals surface area contributed by atoms with Crippen LogP contribution < -0.4 is 10.6 Å². The van der Waals surface area contributed by atoms with Gasteiger partial charge in [-0.15, -0.1) is 0 Å². The molecule has 2 N–H and O–H groups in total. The molecule has 1 saturated carbocycles. The van der Waals surface area contributed by atoms with E-state index >= 15 is 0 Å². The minimum Gasteiger partial charge on any atom is -0.355 e. The van der Waals surface area contributed by atoms with Crippen LogP contribution in [0.15, 0.2) is 4.99 Å². The van der Waals surface area contributed by atoms with Gasteiger partial charge in [0.05, 0.1) is 5.75 Å². The molecule has 8 heteroatoms. The van der Waals surface area contributed by atoms with Crippen LogP contribution in [0.5, 0.6) is 0 Å².